The van der Waals surface area contributed by atoms with Gasteiger partial charge in [0.2, 0.25) is 0 Å². The van der Waals surface area contributed by atoms with Gasteiger partial charge in [0, 0.05) is 37.3 Å². The lowest BCUT2D eigenvalue weighted by Gasteiger charge is -2.33. The second-order valence-corrected chi connectivity index (χ2v) is 10.2. The predicted molar refractivity (Wildman–Crippen MR) is 146 cm³/mol. The van der Waals surface area contributed by atoms with Crippen LogP contribution in [0.25, 0.3) is 11.3 Å². The third-order valence-corrected chi connectivity index (χ3v) is 7.73. The number of aryl methyl sites for hydroxylation is 4. The molecule has 1 saturated heterocycles. The number of methoxy groups -OCH3 is 2. The maximum atomic E-state index is 14.2. The Bertz CT molecular complexity index is 1520. The molecule has 0 aliphatic carbocycles. The topological polar surface area (TPSA) is 104 Å². The number of likely N-dealkylation sites (tertiary alicyclic amines) is 1. The number of aromatic nitrogens is 2. The molecule has 9 heteroatoms. The molecule has 3 aromatic rings. The molecular formula is C29H35N5O4. The average molecular weight is 518 g/mol. The number of fused-ring (bicyclic) bond motifs is 3. The minimum atomic E-state index is -0.424. The quantitative estimate of drug-likeness (QED) is 0.569. The van der Waals surface area contributed by atoms with Gasteiger partial charge in [0.25, 0.3) is 0 Å². The normalized spacial score (nSPS) is 15.7. The van der Waals surface area contributed by atoms with Crippen LogP contribution in [-0.2, 0) is 13.0 Å². The number of hydrogen-bond acceptors (Lipinski definition) is 5. The number of carbonyl (C=O) groups is 1. The van der Waals surface area contributed by atoms with Crippen molar-refractivity contribution in [1.82, 2.24) is 14.0 Å². The minimum absolute atomic E-state index is 0.0903. The Hall–Kier alpha value is -4.01. The van der Waals surface area contributed by atoms with E-state index < -0.39 is 6.03 Å². The molecular weight excluding hydrogens is 482 g/mol. The first kappa shape index (κ1) is 25.6. The number of hydrogen-bond donors (Lipinski definition) is 1. The molecule has 2 aliphatic rings. The number of nitrogens with two attached hydrogens (primary N) is 1. The van der Waals surface area contributed by atoms with E-state index in [1.165, 1.54) is 5.56 Å². The lowest BCUT2D eigenvalue weighted by molar-refractivity contribution is 0.177. The number of piperidine rings is 1. The van der Waals surface area contributed by atoms with E-state index in [0.29, 0.717) is 55.9 Å². The largest absolute Gasteiger partial charge is 0.493 e. The molecule has 0 spiro atoms. The van der Waals surface area contributed by atoms with Crippen molar-refractivity contribution in [3.05, 3.63) is 68.6 Å². The standard InChI is InChI=1S/C29H35N5O4/c1-17-12-18(2)27(19(3)13-17)31-26-16-23-22-15-25(38-5)24(37-4)14-20(22)6-11-33(23)29(36)34(26)21-7-9-32(10-8-21)28(30)35/h12-16,21H,6-11H2,1-5H3,(H2,30,35). The van der Waals surface area contributed by atoms with Crippen molar-refractivity contribution in [3.63, 3.8) is 0 Å². The van der Waals surface area contributed by atoms with Crippen LogP contribution >= 0.6 is 0 Å². The fourth-order valence-electron chi connectivity index (χ4n) is 5.88. The molecule has 5 rings (SSSR count). The molecule has 200 valence electrons. The Morgan fingerprint density at radius 3 is 2.18 bits per heavy atom. The van der Waals surface area contributed by atoms with Crippen molar-refractivity contribution in [1.29, 1.82) is 0 Å². The number of benzene rings is 2. The van der Waals surface area contributed by atoms with Crippen molar-refractivity contribution in [2.45, 2.75) is 52.6 Å². The van der Waals surface area contributed by atoms with Gasteiger partial charge in [-0.2, -0.15) is 0 Å². The van der Waals surface area contributed by atoms with Crippen LogP contribution < -0.4 is 26.4 Å². The Kier molecular flexibility index (Phi) is 6.77. The Labute approximate surface area is 222 Å². The highest BCUT2D eigenvalue weighted by molar-refractivity contribution is 5.72. The van der Waals surface area contributed by atoms with Crippen LogP contribution in [0.2, 0.25) is 0 Å². The summed E-state index contributed by atoms with van der Waals surface area (Å²) >= 11 is 0. The Morgan fingerprint density at radius 2 is 1.58 bits per heavy atom. The summed E-state index contributed by atoms with van der Waals surface area (Å²) in [5.74, 6) is 1.29. The zero-order valence-electron chi connectivity index (χ0n) is 22.7. The fourth-order valence-corrected chi connectivity index (χ4v) is 5.88. The molecule has 0 saturated carbocycles. The molecule has 0 atom stereocenters. The summed E-state index contributed by atoms with van der Waals surface area (Å²) in [7, 11) is 3.24. The Balaban J connectivity index is 1.75. The lowest BCUT2D eigenvalue weighted by Crippen LogP contribution is -2.48. The van der Waals surface area contributed by atoms with Crippen LogP contribution in [0.15, 0.2) is 40.1 Å². The van der Waals surface area contributed by atoms with Gasteiger partial charge in [-0.3, -0.25) is 9.13 Å². The van der Waals surface area contributed by atoms with Crippen LogP contribution in [0.4, 0.5) is 10.5 Å². The van der Waals surface area contributed by atoms with Gasteiger partial charge >= 0.3 is 11.7 Å². The summed E-state index contributed by atoms with van der Waals surface area (Å²) < 4.78 is 14.8. The van der Waals surface area contributed by atoms with E-state index in [-0.39, 0.29) is 11.7 Å². The van der Waals surface area contributed by atoms with Gasteiger partial charge in [0.15, 0.2) is 11.5 Å². The summed E-state index contributed by atoms with van der Waals surface area (Å²) in [4.78, 5) is 32.6. The maximum absolute atomic E-state index is 14.2. The lowest BCUT2D eigenvalue weighted by atomic mass is 9.96. The van der Waals surface area contributed by atoms with E-state index in [4.69, 9.17) is 20.2 Å². The van der Waals surface area contributed by atoms with Crippen LogP contribution in [0.5, 0.6) is 11.5 Å². The number of primary amides is 1. The first-order valence-electron chi connectivity index (χ1n) is 13.0. The van der Waals surface area contributed by atoms with Crippen molar-refractivity contribution < 1.29 is 14.3 Å². The summed E-state index contributed by atoms with van der Waals surface area (Å²) in [5, 5.41) is 0. The first-order valence-corrected chi connectivity index (χ1v) is 13.0. The molecule has 0 unspecified atom stereocenters. The van der Waals surface area contributed by atoms with E-state index >= 15 is 0 Å². The first-order chi connectivity index (χ1) is 18.2. The van der Waals surface area contributed by atoms with Crippen LogP contribution in [0.3, 0.4) is 0 Å². The zero-order chi connectivity index (χ0) is 27.1. The molecule has 2 aromatic carbocycles. The summed E-state index contributed by atoms with van der Waals surface area (Å²) in [6.45, 7) is 7.74. The van der Waals surface area contributed by atoms with Crippen molar-refractivity contribution >= 4 is 11.7 Å². The van der Waals surface area contributed by atoms with Gasteiger partial charge in [-0.1, -0.05) is 17.7 Å². The molecule has 2 amide bonds. The highest BCUT2D eigenvalue weighted by Crippen LogP contribution is 2.38. The van der Waals surface area contributed by atoms with Crippen LogP contribution in [0, 0.1) is 20.8 Å². The van der Waals surface area contributed by atoms with Gasteiger partial charge < -0.3 is 20.1 Å². The van der Waals surface area contributed by atoms with Gasteiger partial charge in [-0.25, -0.2) is 14.6 Å². The second-order valence-electron chi connectivity index (χ2n) is 10.2. The summed E-state index contributed by atoms with van der Waals surface area (Å²) in [6.07, 6.45) is 1.98. The van der Waals surface area contributed by atoms with E-state index in [2.05, 4.69) is 19.1 Å². The number of rotatable bonds is 4. The highest BCUT2D eigenvalue weighted by atomic mass is 16.5. The zero-order valence-corrected chi connectivity index (χ0v) is 22.7. The molecule has 3 heterocycles. The molecule has 0 radical (unpaired) electrons. The van der Waals surface area contributed by atoms with Crippen molar-refractivity contribution in [2.24, 2.45) is 10.7 Å². The molecule has 0 bridgehead atoms. The third-order valence-electron chi connectivity index (χ3n) is 7.73. The molecule has 2 N–H and O–H groups in total. The maximum Gasteiger partial charge on any atom is 0.330 e. The SMILES string of the molecule is COc1cc2c(cc1OC)-c1cc(=Nc3c(C)cc(C)cc3C)n(C3CCN(C(N)=O)CC3)c(=O)n1CC2. The molecule has 1 aromatic heterocycles. The minimum Gasteiger partial charge on any atom is -0.493 e. The van der Waals surface area contributed by atoms with Crippen molar-refractivity contribution in [3.8, 4) is 22.8 Å². The molecule has 1 fully saturated rings. The number of carbonyl (C=O) groups excluding carboxylic acids is 1. The second kappa shape index (κ2) is 10.0. The highest BCUT2D eigenvalue weighted by Gasteiger charge is 2.28. The van der Waals surface area contributed by atoms with E-state index in [1.807, 2.05) is 41.2 Å². The number of amides is 2. The van der Waals surface area contributed by atoms with Gasteiger partial charge in [0.05, 0.1) is 25.6 Å². The average Bonchev–Trinajstić information content (AvgIpc) is 2.89. The van der Waals surface area contributed by atoms with E-state index in [9.17, 15) is 9.59 Å². The van der Waals surface area contributed by atoms with Crippen LogP contribution in [0.1, 0.15) is 41.1 Å². The van der Waals surface area contributed by atoms with Gasteiger partial charge in [-0.05, 0) is 68.9 Å². The summed E-state index contributed by atoms with van der Waals surface area (Å²) in [5.41, 5.74) is 13.0. The molecule has 2 aliphatic heterocycles. The number of urea groups is 1. The molecule has 9 nitrogen and oxygen atoms in total. The third kappa shape index (κ3) is 4.46. The number of ether oxygens (including phenoxy) is 2. The number of nitrogens with zero attached hydrogens (tertiary/aromatic N) is 4. The van der Waals surface area contributed by atoms with Crippen molar-refractivity contribution in [2.75, 3.05) is 27.3 Å². The van der Waals surface area contributed by atoms with Crippen LogP contribution in [-0.4, -0.2) is 47.4 Å². The Morgan fingerprint density at radius 1 is 0.947 bits per heavy atom. The van der Waals surface area contributed by atoms with E-state index in [0.717, 1.165) is 33.6 Å². The molecule has 38 heavy (non-hydrogen) atoms. The van der Waals surface area contributed by atoms with E-state index in [1.54, 1.807) is 19.1 Å². The van der Waals surface area contributed by atoms with Gasteiger partial charge in [0.1, 0.15) is 5.49 Å². The monoisotopic (exact) mass is 517 g/mol. The predicted octanol–water partition coefficient (Wildman–Crippen LogP) is 3.76. The fraction of sp³-hybridized carbons (Fsp3) is 0.414. The smallest absolute Gasteiger partial charge is 0.330 e. The van der Waals surface area contributed by atoms with Gasteiger partial charge in [-0.15, -0.1) is 0 Å². The summed E-state index contributed by atoms with van der Waals surface area (Å²) in [6, 6.07) is 9.66.